The van der Waals surface area contributed by atoms with Gasteiger partial charge in [0.25, 0.3) is 0 Å². The first kappa shape index (κ1) is 28.5. The molecule has 0 aromatic heterocycles. The molecule has 3 rings (SSSR count). The van der Waals surface area contributed by atoms with Crippen molar-refractivity contribution in [3.05, 3.63) is 59.7 Å². The van der Waals surface area contributed by atoms with Gasteiger partial charge in [0.15, 0.2) is 0 Å². The van der Waals surface area contributed by atoms with Crippen molar-refractivity contribution in [2.45, 2.75) is 46.1 Å². The first-order chi connectivity index (χ1) is 17.9. The van der Waals surface area contributed by atoms with Crippen LogP contribution in [0.4, 0.5) is 9.59 Å². The van der Waals surface area contributed by atoms with E-state index in [4.69, 9.17) is 9.47 Å². The van der Waals surface area contributed by atoms with Crippen LogP contribution in [0.25, 0.3) is 0 Å². The molecule has 0 spiro atoms. The Kier molecular flexibility index (Phi) is 8.98. The van der Waals surface area contributed by atoms with E-state index in [1.54, 1.807) is 0 Å². The third-order valence-corrected chi connectivity index (χ3v) is 6.40. The highest BCUT2D eigenvalue weighted by atomic mass is 16.6. The molecular weight excluding hydrogens is 492 g/mol. The number of methoxy groups -OCH3 is 2. The average Bonchev–Trinajstić information content (AvgIpc) is 2.86. The van der Waals surface area contributed by atoms with Crippen molar-refractivity contribution >= 4 is 24.1 Å². The van der Waals surface area contributed by atoms with Gasteiger partial charge in [-0.25, -0.2) is 19.2 Å². The van der Waals surface area contributed by atoms with Gasteiger partial charge in [0, 0.05) is 12.6 Å². The van der Waals surface area contributed by atoms with E-state index in [-0.39, 0.29) is 16.9 Å². The number of hydrogen-bond acceptors (Lipinski definition) is 8. The first-order valence-corrected chi connectivity index (χ1v) is 12.2. The third-order valence-electron chi connectivity index (χ3n) is 6.40. The molecule has 2 atom stereocenters. The van der Waals surface area contributed by atoms with E-state index in [1.165, 1.54) is 62.8 Å². The van der Waals surface area contributed by atoms with E-state index in [2.05, 4.69) is 40.9 Å². The Labute approximate surface area is 222 Å². The van der Waals surface area contributed by atoms with E-state index >= 15 is 0 Å². The molecule has 38 heavy (non-hydrogen) atoms. The zero-order valence-electron chi connectivity index (χ0n) is 22.3. The van der Waals surface area contributed by atoms with Crippen molar-refractivity contribution in [1.29, 1.82) is 0 Å². The summed E-state index contributed by atoms with van der Waals surface area (Å²) in [6.45, 7) is 6.65. The summed E-state index contributed by atoms with van der Waals surface area (Å²) in [7, 11) is 2.59. The molecule has 2 N–H and O–H groups in total. The molecule has 1 aliphatic rings. The van der Waals surface area contributed by atoms with Crippen LogP contribution in [0.5, 0.6) is 11.5 Å². The predicted octanol–water partition coefficient (Wildman–Crippen LogP) is 4.72. The number of carbonyl (C=O) groups excluding carboxylic acids is 4. The number of carbonyl (C=O) groups is 4. The highest BCUT2D eigenvalue weighted by Crippen LogP contribution is 2.45. The van der Waals surface area contributed by atoms with Crippen molar-refractivity contribution in [1.82, 2.24) is 10.6 Å². The number of ether oxygens (including phenoxy) is 4. The minimum Gasteiger partial charge on any atom is -0.465 e. The second-order valence-corrected chi connectivity index (χ2v) is 10.6. The van der Waals surface area contributed by atoms with Crippen LogP contribution >= 0.6 is 0 Å². The van der Waals surface area contributed by atoms with Crippen LogP contribution < -0.4 is 20.1 Å². The van der Waals surface area contributed by atoms with Crippen LogP contribution in [0, 0.1) is 10.8 Å². The zero-order valence-corrected chi connectivity index (χ0v) is 22.3. The summed E-state index contributed by atoms with van der Waals surface area (Å²) in [5.41, 5.74) is 0.305. The van der Waals surface area contributed by atoms with Gasteiger partial charge in [0.05, 0.1) is 25.3 Å². The van der Waals surface area contributed by atoms with Gasteiger partial charge in [-0.05, 0) is 78.6 Å². The van der Waals surface area contributed by atoms with E-state index < -0.39 is 24.1 Å². The lowest BCUT2D eigenvalue weighted by Crippen LogP contribution is -2.51. The van der Waals surface area contributed by atoms with Crippen molar-refractivity contribution in [3.63, 3.8) is 0 Å². The molecule has 0 aliphatic heterocycles. The van der Waals surface area contributed by atoms with Crippen LogP contribution in [0.15, 0.2) is 48.5 Å². The summed E-state index contributed by atoms with van der Waals surface area (Å²) in [6, 6.07) is 12.0. The van der Waals surface area contributed by atoms with Crippen LogP contribution in [0.1, 0.15) is 60.7 Å². The lowest BCUT2D eigenvalue weighted by Gasteiger charge is -2.46. The largest absolute Gasteiger partial charge is 0.465 e. The number of rotatable bonds is 7. The van der Waals surface area contributed by atoms with Crippen LogP contribution in [0.2, 0.25) is 0 Å². The van der Waals surface area contributed by atoms with Gasteiger partial charge in [0.2, 0.25) is 0 Å². The molecule has 10 nitrogen and oxygen atoms in total. The molecule has 2 aromatic rings. The van der Waals surface area contributed by atoms with Gasteiger partial charge >= 0.3 is 24.1 Å². The SMILES string of the molecule is COC(=O)c1ccc(OC(=O)NCC2(C)CC(NC(=O)Oc3ccc(C(=O)OC)cc3)CC(C)(C)C2)cc1. The lowest BCUT2D eigenvalue weighted by molar-refractivity contribution is 0.0591. The lowest BCUT2D eigenvalue weighted by atomic mass is 9.62. The number of benzene rings is 2. The second kappa shape index (κ2) is 12.0. The predicted molar refractivity (Wildman–Crippen MR) is 138 cm³/mol. The molecule has 1 saturated carbocycles. The molecule has 10 heteroatoms. The standard InChI is InChI=1S/C28H34N2O8/c1-27(2)14-20(30-26(34)38-22-12-8-19(9-13-22)24(32)36-5)15-28(3,16-27)17-29-25(33)37-21-10-6-18(7-11-21)23(31)35-4/h6-13,20H,14-17H2,1-5H3,(H,29,33)(H,30,34). The number of nitrogens with one attached hydrogen (secondary N) is 2. The topological polar surface area (TPSA) is 129 Å². The van der Waals surface area contributed by atoms with Crippen LogP contribution in [-0.2, 0) is 9.47 Å². The molecule has 0 bridgehead atoms. The van der Waals surface area contributed by atoms with E-state index in [0.29, 0.717) is 35.6 Å². The normalized spacial score (nSPS) is 20.0. The molecular formula is C28H34N2O8. The zero-order chi connectivity index (χ0) is 27.9. The van der Waals surface area contributed by atoms with E-state index in [0.717, 1.165) is 12.8 Å². The number of amides is 2. The fraction of sp³-hybridized carbons (Fsp3) is 0.429. The summed E-state index contributed by atoms with van der Waals surface area (Å²) < 4.78 is 20.1. The van der Waals surface area contributed by atoms with E-state index in [1.807, 2.05) is 0 Å². The van der Waals surface area contributed by atoms with Gasteiger partial charge in [-0.3, -0.25) is 0 Å². The maximum Gasteiger partial charge on any atom is 0.412 e. The Bertz CT molecular complexity index is 1160. The quantitative estimate of drug-likeness (QED) is 0.496. The molecule has 2 aromatic carbocycles. The van der Waals surface area contributed by atoms with Crippen molar-refractivity contribution in [2.24, 2.45) is 10.8 Å². The third kappa shape index (κ3) is 7.96. The van der Waals surface area contributed by atoms with Gasteiger partial charge < -0.3 is 29.6 Å². The summed E-state index contributed by atoms with van der Waals surface area (Å²) in [5, 5.41) is 5.76. The van der Waals surface area contributed by atoms with Crippen LogP contribution in [0.3, 0.4) is 0 Å². The molecule has 204 valence electrons. The molecule has 2 amide bonds. The summed E-state index contributed by atoms with van der Waals surface area (Å²) in [5.74, 6) is -0.348. The minimum absolute atomic E-state index is 0.0948. The highest BCUT2D eigenvalue weighted by Gasteiger charge is 2.42. The molecule has 0 radical (unpaired) electrons. The number of hydrogen-bond donors (Lipinski definition) is 2. The van der Waals surface area contributed by atoms with Crippen LogP contribution in [-0.4, -0.2) is 50.9 Å². The Morgan fingerprint density at radius 2 is 1.24 bits per heavy atom. The molecule has 1 fully saturated rings. The van der Waals surface area contributed by atoms with Crippen molar-refractivity contribution < 1.29 is 38.1 Å². The van der Waals surface area contributed by atoms with Gasteiger partial charge in [-0.2, -0.15) is 0 Å². The Morgan fingerprint density at radius 3 is 1.71 bits per heavy atom. The Hall–Kier alpha value is -4.08. The average molecular weight is 527 g/mol. The first-order valence-electron chi connectivity index (χ1n) is 12.2. The molecule has 0 saturated heterocycles. The van der Waals surface area contributed by atoms with Gasteiger partial charge in [0.1, 0.15) is 11.5 Å². The summed E-state index contributed by atoms with van der Waals surface area (Å²) >= 11 is 0. The maximum absolute atomic E-state index is 12.6. The van der Waals surface area contributed by atoms with Crippen molar-refractivity contribution in [3.8, 4) is 11.5 Å². The highest BCUT2D eigenvalue weighted by molar-refractivity contribution is 5.90. The fourth-order valence-corrected chi connectivity index (χ4v) is 5.16. The molecule has 0 heterocycles. The minimum atomic E-state index is -0.611. The summed E-state index contributed by atoms with van der Waals surface area (Å²) in [6.07, 6.45) is 0.996. The van der Waals surface area contributed by atoms with Crippen molar-refractivity contribution in [2.75, 3.05) is 20.8 Å². The smallest absolute Gasteiger partial charge is 0.412 e. The Balaban J connectivity index is 1.54. The number of esters is 2. The van der Waals surface area contributed by atoms with E-state index in [9.17, 15) is 19.2 Å². The molecule has 2 unspecified atom stereocenters. The molecule has 1 aliphatic carbocycles. The fourth-order valence-electron chi connectivity index (χ4n) is 5.16. The Morgan fingerprint density at radius 1 is 0.763 bits per heavy atom. The monoisotopic (exact) mass is 526 g/mol. The van der Waals surface area contributed by atoms with Gasteiger partial charge in [-0.1, -0.05) is 20.8 Å². The second-order valence-electron chi connectivity index (χ2n) is 10.6. The van der Waals surface area contributed by atoms with Gasteiger partial charge in [-0.15, -0.1) is 0 Å². The summed E-state index contributed by atoms with van der Waals surface area (Å²) in [4.78, 5) is 48.1. The maximum atomic E-state index is 12.6.